The van der Waals surface area contributed by atoms with E-state index < -0.39 is 21.8 Å². The van der Waals surface area contributed by atoms with Crippen LogP contribution in [0.15, 0.2) is 24.4 Å². The summed E-state index contributed by atoms with van der Waals surface area (Å²) < 4.78 is 29.4. The van der Waals surface area contributed by atoms with Crippen molar-refractivity contribution in [3.8, 4) is 0 Å². The van der Waals surface area contributed by atoms with E-state index in [1.54, 1.807) is 18.2 Å². The second-order valence-corrected chi connectivity index (χ2v) is 4.57. The molecule has 2 atom stereocenters. The molecule has 7 nitrogen and oxygen atoms in total. The van der Waals surface area contributed by atoms with E-state index in [0.717, 1.165) is 0 Å². The van der Waals surface area contributed by atoms with Crippen LogP contribution in [0.4, 0.5) is 0 Å². The number of hydrogen-bond donors (Lipinski definition) is 4. The summed E-state index contributed by atoms with van der Waals surface area (Å²) in [6.07, 6.45) is -0.250. The zero-order valence-electron chi connectivity index (χ0n) is 8.18. The van der Waals surface area contributed by atoms with Gasteiger partial charge >= 0.3 is 0 Å². The van der Waals surface area contributed by atoms with Crippen molar-refractivity contribution in [1.29, 1.82) is 0 Å². The quantitative estimate of drug-likeness (QED) is 0.377. The van der Waals surface area contributed by atoms with Crippen molar-refractivity contribution in [2.45, 2.75) is 18.2 Å². The minimum absolute atomic E-state index is 0.0641. The molecule has 0 bridgehead atoms. The number of aromatic nitrogens is 1. The molecule has 1 aromatic heterocycles. The predicted octanol–water partition coefficient (Wildman–Crippen LogP) is -1.30. The van der Waals surface area contributed by atoms with Crippen LogP contribution in [0.2, 0.25) is 0 Å². The van der Waals surface area contributed by atoms with Gasteiger partial charge < -0.3 is 10.2 Å². The lowest BCUT2D eigenvalue weighted by Gasteiger charge is -2.16. The van der Waals surface area contributed by atoms with Gasteiger partial charge in [-0.15, -0.1) is 0 Å². The maximum Gasteiger partial charge on any atom is 0.296 e. The van der Waals surface area contributed by atoms with Crippen LogP contribution >= 0.6 is 0 Å². The Labute approximate surface area is 92.5 Å². The molecule has 2 unspecified atom stereocenters. The second kappa shape index (κ2) is 5.32. The minimum atomic E-state index is -4.68. The summed E-state index contributed by atoms with van der Waals surface area (Å²) in [5.41, 5.74) is -1.72. The largest absolute Gasteiger partial charge is 0.375 e. The molecule has 0 spiro atoms. The zero-order valence-corrected chi connectivity index (χ0v) is 9.00. The number of aliphatic hydroxyl groups excluding tert-OH is 2. The van der Waals surface area contributed by atoms with Gasteiger partial charge in [0.2, 0.25) is 5.44 Å². The summed E-state index contributed by atoms with van der Waals surface area (Å²) in [6, 6.07) is 5.07. The fraction of sp³-hybridized carbons (Fsp3) is 0.375. The molecule has 0 saturated carbocycles. The normalized spacial score (nSPS) is 15.7. The van der Waals surface area contributed by atoms with Crippen molar-refractivity contribution >= 4 is 10.1 Å². The highest BCUT2D eigenvalue weighted by Gasteiger charge is 2.27. The molecule has 0 aliphatic rings. The van der Waals surface area contributed by atoms with E-state index in [1.165, 1.54) is 6.20 Å². The average Bonchev–Trinajstić information content (AvgIpc) is 2.25. The van der Waals surface area contributed by atoms with Crippen LogP contribution in [0.1, 0.15) is 5.69 Å². The number of rotatable bonds is 5. The Morgan fingerprint density at radius 1 is 1.38 bits per heavy atom. The topological polar surface area (TPSA) is 120 Å². The molecule has 0 aliphatic carbocycles. The van der Waals surface area contributed by atoms with Gasteiger partial charge in [-0.2, -0.15) is 8.42 Å². The lowest BCUT2D eigenvalue weighted by atomic mass is 10.3. The van der Waals surface area contributed by atoms with Gasteiger partial charge in [-0.05, 0) is 12.1 Å². The lowest BCUT2D eigenvalue weighted by Crippen LogP contribution is -2.43. The van der Waals surface area contributed by atoms with Gasteiger partial charge in [-0.25, -0.2) is 0 Å². The highest BCUT2D eigenvalue weighted by atomic mass is 32.2. The van der Waals surface area contributed by atoms with Crippen molar-refractivity contribution in [2.75, 3.05) is 0 Å². The molecular formula is C8H12N2O5S. The third-order valence-corrected chi connectivity index (χ3v) is 2.66. The maximum atomic E-state index is 10.5. The van der Waals surface area contributed by atoms with E-state index in [-0.39, 0.29) is 6.54 Å². The second-order valence-electron chi connectivity index (χ2n) is 3.05. The van der Waals surface area contributed by atoms with E-state index in [9.17, 15) is 13.5 Å². The minimum Gasteiger partial charge on any atom is -0.375 e. The standard InChI is InChI=1S/C8H12N2O5S/c11-7(8(12)16(13,14)15)10-5-6-3-1-2-4-9-6/h1-4,7-8,10-12H,5H2,(H,13,14,15). The number of pyridine rings is 1. The van der Waals surface area contributed by atoms with Crippen LogP contribution in [0.5, 0.6) is 0 Å². The van der Waals surface area contributed by atoms with Crippen LogP contribution in [-0.4, -0.2) is 39.8 Å². The third kappa shape index (κ3) is 3.83. The van der Waals surface area contributed by atoms with Gasteiger partial charge in [-0.1, -0.05) is 6.07 Å². The monoisotopic (exact) mass is 248 g/mol. The van der Waals surface area contributed by atoms with Gasteiger partial charge in [0.1, 0.15) is 6.23 Å². The maximum absolute atomic E-state index is 10.5. The Balaban J connectivity index is 2.51. The molecule has 1 heterocycles. The van der Waals surface area contributed by atoms with E-state index in [2.05, 4.69) is 10.3 Å². The molecule has 4 N–H and O–H groups in total. The van der Waals surface area contributed by atoms with Gasteiger partial charge in [0.25, 0.3) is 10.1 Å². The first-order valence-corrected chi connectivity index (χ1v) is 5.87. The van der Waals surface area contributed by atoms with Gasteiger partial charge in [-0.3, -0.25) is 14.9 Å². The first-order valence-electron chi connectivity index (χ1n) is 4.37. The number of nitrogens with zero attached hydrogens (tertiary/aromatic N) is 1. The molecule has 0 saturated heterocycles. The Hall–Kier alpha value is -1.06. The molecule has 0 aliphatic heterocycles. The van der Waals surface area contributed by atoms with E-state index in [1.807, 2.05) is 0 Å². The molecule has 1 aromatic rings. The molecule has 8 heteroatoms. The molecule has 16 heavy (non-hydrogen) atoms. The summed E-state index contributed by atoms with van der Waals surface area (Å²) in [6.45, 7) is 0.0641. The molecule has 0 amide bonds. The third-order valence-electron chi connectivity index (χ3n) is 1.79. The fourth-order valence-electron chi connectivity index (χ4n) is 0.976. The van der Waals surface area contributed by atoms with Crippen LogP contribution in [-0.2, 0) is 16.7 Å². The van der Waals surface area contributed by atoms with Crippen LogP contribution < -0.4 is 5.32 Å². The highest BCUT2D eigenvalue weighted by molar-refractivity contribution is 7.86. The summed E-state index contributed by atoms with van der Waals surface area (Å²) in [5.74, 6) is 0. The summed E-state index contributed by atoms with van der Waals surface area (Å²) >= 11 is 0. The summed E-state index contributed by atoms with van der Waals surface area (Å²) in [5, 5.41) is 20.5. The van der Waals surface area contributed by atoms with Gasteiger partial charge in [0, 0.05) is 12.7 Å². The smallest absolute Gasteiger partial charge is 0.296 e. The number of hydrogen-bond acceptors (Lipinski definition) is 6. The van der Waals surface area contributed by atoms with Crippen molar-refractivity contribution in [1.82, 2.24) is 10.3 Å². The Morgan fingerprint density at radius 3 is 2.56 bits per heavy atom. The van der Waals surface area contributed by atoms with Crippen LogP contribution in [0.25, 0.3) is 0 Å². The van der Waals surface area contributed by atoms with E-state index in [4.69, 9.17) is 9.66 Å². The SMILES string of the molecule is O=S(=O)(O)C(O)C(O)NCc1ccccn1. The summed E-state index contributed by atoms with van der Waals surface area (Å²) in [4.78, 5) is 3.91. The number of aliphatic hydroxyl groups is 2. The Kier molecular flexibility index (Phi) is 4.33. The average molecular weight is 248 g/mol. The first-order chi connectivity index (χ1) is 7.41. The van der Waals surface area contributed by atoms with Crippen LogP contribution in [0.3, 0.4) is 0 Å². The van der Waals surface area contributed by atoms with Crippen molar-refractivity contribution in [2.24, 2.45) is 0 Å². The molecule has 90 valence electrons. The van der Waals surface area contributed by atoms with Gasteiger partial charge in [0.05, 0.1) is 5.69 Å². The highest BCUT2D eigenvalue weighted by Crippen LogP contribution is 2.00. The zero-order chi connectivity index (χ0) is 12.2. The van der Waals surface area contributed by atoms with Gasteiger partial charge in [0.15, 0.2) is 0 Å². The number of nitrogens with one attached hydrogen (secondary N) is 1. The van der Waals surface area contributed by atoms with E-state index >= 15 is 0 Å². The predicted molar refractivity (Wildman–Crippen MR) is 54.6 cm³/mol. The Morgan fingerprint density at radius 2 is 2.06 bits per heavy atom. The van der Waals surface area contributed by atoms with Crippen molar-refractivity contribution < 1.29 is 23.2 Å². The molecule has 0 aromatic carbocycles. The molecule has 0 fully saturated rings. The first kappa shape index (κ1) is 13.0. The van der Waals surface area contributed by atoms with Crippen LogP contribution in [0, 0.1) is 0 Å². The molecular weight excluding hydrogens is 236 g/mol. The van der Waals surface area contributed by atoms with E-state index in [0.29, 0.717) is 5.69 Å². The Bertz CT molecular complexity index is 421. The van der Waals surface area contributed by atoms with Crippen molar-refractivity contribution in [3.05, 3.63) is 30.1 Å². The molecule has 1 rings (SSSR count). The lowest BCUT2D eigenvalue weighted by molar-refractivity contribution is 0.0368. The van der Waals surface area contributed by atoms with Crippen molar-refractivity contribution in [3.63, 3.8) is 0 Å². The fourth-order valence-corrected chi connectivity index (χ4v) is 1.40. The molecule has 0 radical (unpaired) electrons. The summed E-state index contributed by atoms with van der Waals surface area (Å²) in [7, 11) is -4.68.